The summed E-state index contributed by atoms with van der Waals surface area (Å²) in [5.41, 5.74) is 1.21. The smallest absolute Gasteiger partial charge is 0.242 e. The van der Waals surface area contributed by atoms with Crippen LogP contribution in [0.2, 0.25) is 15.1 Å². The van der Waals surface area contributed by atoms with Crippen molar-refractivity contribution in [2.24, 2.45) is 0 Å². The van der Waals surface area contributed by atoms with Gasteiger partial charge in [0.1, 0.15) is 6.04 Å². The Balaban J connectivity index is 1.73. The lowest BCUT2D eigenvalue weighted by Crippen LogP contribution is -2.50. The largest absolute Gasteiger partial charge is 0.352 e. The molecule has 0 bridgehead atoms. The number of benzene rings is 2. The number of carbonyl (C=O) groups is 2. The van der Waals surface area contributed by atoms with Gasteiger partial charge in [0, 0.05) is 30.6 Å². The third kappa shape index (κ3) is 8.76. The van der Waals surface area contributed by atoms with Gasteiger partial charge in [0.25, 0.3) is 0 Å². The minimum absolute atomic E-state index is 0.0575. The second-order valence-electron chi connectivity index (χ2n) is 9.70. The molecule has 1 N–H and O–H groups in total. The summed E-state index contributed by atoms with van der Waals surface area (Å²) >= 11 is 18.2. The highest BCUT2D eigenvalue weighted by Gasteiger charge is 2.28. The Morgan fingerprint density at radius 2 is 1.66 bits per heavy atom. The van der Waals surface area contributed by atoms with E-state index in [9.17, 15) is 18.0 Å². The molecule has 0 aromatic heterocycles. The fourth-order valence-electron chi connectivity index (χ4n) is 4.60. The van der Waals surface area contributed by atoms with Gasteiger partial charge in [-0.3, -0.25) is 13.9 Å². The number of hydrogen-bond acceptors (Lipinski definition) is 4. The Morgan fingerprint density at radius 3 is 2.26 bits per heavy atom. The molecule has 208 valence electrons. The minimum atomic E-state index is -3.58. The van der Waals surface area contributed by atoms with Crippen molar-refractivity contribution in [2.75, 3.05) is 17.1 Å². The minimum Gasteiger partial charge on any atom is -0.352 e. The Kier molecular flexibility index (Phi) is 11.2. The Morgan fingerprint density at radius 1 is 1.00 bits per heavy atom. The highest BCUT2D eigenvalue weighted by molar-refractivity contribution is 7.92. The molecule has 1 atom stereocenters. The van der Waals surface area contributed by atoms with Crippen LogP contribution >= 0.6 is 34.8 Å². The Hall–Kier alpha value is -2.00. The Bertz CT molecular complexity index is 1220. The maximum Gasteiger partial charge on any atom is 0.242 e. The number of anilines is 1. The van der Waals surface area contributed by atoms with Crippen LogP contribution in [-0.2, 0) is 26.2 Å². The van der Waals surface area contributed by atoms with Crippen LogP contribution in [0.25, 0.3) is 0 Å². The van der Waals surface area contributed by atoms with Crippen molar-refractivity contribution in [1.82, 2.24) is 10.2 Å². The highest BCUT2D eigenvalue weighted by Crippen LogP contribution is 2.25. The topological polar surface area (TPSA) is 86.8 Å². The van der Waals surface area contributed by atoms with Gasteiger partial charge in [-0.15, -0.1) is 0 Å². The average Bonchev–Trinajstić information content (AvgIpc) is 2.87. The zero-order valence-electron chi connectivity index (χ0n) is 21.6. The molecule has 11 heteroatoms. The number of sulfonamides is 1. The molecule has 0 aliphatic heterocycles. The summed E-state index contributed by atoms with van der Waals surface area (Å²) in [5.74, 6) is -0.462. The monoisotopic (exact) mass is 601 g/mol. The standard InChI is InChI=1S/C27H34Cl3N3O4S/c1-19(27(35)31-22-7-4-3-5-8-22)32(18-20-10-15-24(29)25(30)17-20)26(34)9-6-16-33(38(2,36)37)23-13-11-21(28)12-14-23/h10-15,17,19,22H,3-9,16,18H2,1-2H3,(H,31,35). The van der Waals surface area contributed by atoms with Crippen molar-refractivity contribution in [3.8, 4) is 0 Å². The van der Waals surface area contributed by atoms with Crippen molar-refractivity contribution < 1.29 is 18.0 Å². The first kappa shape index (κ1) is 30.5. The maximum atomic E-state index is 13.5. The van der Waals surface area contributed by atoms with E-state index >= 15 is 0 Å². The van der Waals surface area contributed by atoms with E-state index in [2.05, 4.69) is 5.32 Å². The summed E-state index contributed by atoms with van der Waals surface area (Å²) < 4.78 is 26.1. The molecule has 0 heterocycles. The van der Waals surface area contributed by atoms with Gasteiger partial charge in [0.05, 0.1) is 22.0 Å². The van der Waals surface area contributed by atoms with Gasteiger partial charge in [-0.1, -0.05) is 60.1 Å². The summed E-state index contributed by atoms with van der Waals surface area (Å²) in [6.45, 7) is 1.99. The van der Waals surface area contributed by atoms with Crippen LogP contribution in [-0.4, -0.2) is 50.0 Å². The van der Waals surface area contributed by atoms with E-state index in [1.165, 1.54) is 15.6 Å². The first-order chi connectivity index (χ1) is 18.0. The third-order valence-corrected chi connectivity index (χ3v) is 8.91. The molecule has 0 radical (unpaired) electrons. The molecule has 2 aromatic carbocycles. The van der Waals surface area contributed by atoms with Gasteiger partial charge in [-0.25, -0.2) is 8.42 Å². The molecule has 1 saturated carbocycles. The van der Waals surface area contributed by atoms with Gasteiger partial charge >= 0.3 is 0 Å². The molecule has 2 aromatic rings. The second-order valence-corrected chi connectivity index (χ2v) is 12.9. The normalized spacial score (nSPS) is 15.1. The SMILES string of the molecule is CC(C(=O)NC1CCCCC1)N(Cc1ccc(Cl)c(Cl)c1)C(=O)CCCN(c1ccc(Cl)cc1)S(C)(=O)=O. The lowest BCUT2D eigenvalue weighted by atomic mass is 9.95. The molecule has 1 fully saturated rings. The number of carbonyl (C=O) groups excluding carboxylic acids is 2. The Labute approximate surface area is 240 Å². The van der Waals surface area contributed by atoms with Crippen LogP contribution in [0.4, 0.5) is 5.69 Å². The summed E-state index contributed by atoms with van der Waals surface area (Å²) in [4.78, 5) is 28.1. The molecule has 1 aliphatic carbocycles. The molecule has 7 nitrogen and oxygen atoms in total. The van der Waals surface area contributed by atoms with Crippen LogP contribution < -0.4 is 9.62 Å². The van der Waals surface area contributed by atoms with E-state index < -0.39 is 16.1 Å². The fraction of sp³-hybridized carbons (Fsp3) is 0.481. The van der Waals surface area contributed by atoms with Gasteiger partial charge in [0.2, 0.25) is 21.8 Å². The fourth-order valence-corrected chi connectivity index (χ4v) is 6.01. The zero-order valence-corrected chi connectivity index (χ0v) is 24.7. The molecule has 1 aliphatic rings. The van der Waals surface area contributed by atoms with Crippen LogP contribution in [0.1, 0.15) is 57.4 Å². The number of hydrogen-bond donors (Lipinski definition) is 1. The van der Waals surface area contributed by atoms with Crippen LogP contribution in [0.5, 0.6) is 0 Å². The number of amides is 2. The van der Waals surface area contributed by atoms with E-state index in [1.54, 1.807) is 49.4 Å². The molecule has 38 heavy (non-hydrogen) atoms. The van der Waals surface area contributed by atoms with E-state index in [-0.39, 0.29) is 43.8 Å². The first-order valence-corrected chi connectivity index (χ1v) is 15.7. The van der Waals surface area contributed by atoms with E-state index in [0.29, 0.717) is 20.8 Å². The van der Waals surface area contributed by atoms with E-state index in [0.717, 1.165) is 37.5 Å². The van der Waals surface area contributed by atoms with Crippen molar-refractivity contribution >= 4 is 62.3 Å². The summed E-state index contributed by atoms with van der Waals surface area (Å²) in [7, 11) is -3.58. The number of nitrogens with one attached hydrogen (secondary N) is 1. The van der Waals surface area contributed by atoms with Crippen LogP contribution in [0, 0.1) is 0 Å². The zero-order chi connectivity index (χ0) is 27.9. The van der Waals surface area contributed by atoms with Crippen molar-refractivity contribution in [1.29, 1.82) is 0 Å². The van der Waals surface area contributed by atoms with Gasteiger partial charge in [0.15, 0.2) is 0 Å². The van der Waals surface area contributed by atoms with Gasteiger partial charge in [-0.2, -0.15) is 0 Å². The van der Waals surface area contributed by atoms with Gasteiger partial charge in [-0.05, 0) is 68.1 Å². The molecule has 1 unspecified atom stereocenters. The summed E-state index contributed by atoms with van der Waals surface area (Å²) in [6, 6.07) is 11.0. The summed E-state index contributed by atoms with van der Waals surface area (Å²) in [6.07, 6.45) is 6.65. The predicted molar refractivity (Wildman–Crippen MR) is 154 cm³/mol. The molecule has 0 saturated heterocycles. The average molecular weight is 603 g/mol. The van der Waals surface area contributed by atoms with Crippen molar-refractivity contribution in [3.05, 3.63) is 63.1 Å². The predicted octanol–water partition coefficient (Wildman–Crippen LogP) is 6.06. The third-order valence-electron chi connectivity index (χ3n) is 6.72. The lowest BCUT2D eigenvalue weighted by molar-refractivity contribution is -0.141. The lowest BCUT2D eigenvalue weighted by Gasteiger charge is -2.31. The number of nitrogens with zero attached hydrogens (tertiary/aromatic N) is 2. The van der Waals surface area contributed by atoms with E-state index in [4.69, 9.17) is 34.8 Å². The molecule has 0 spiro atoms. The highest BCUT2D eigenvalue weighted by atomic mass is 35.5. The van der Waals surface area contributed by atoms with Crippen LogP contribution in [0.15, 0.2) is 42.5 Å². The quantitative estimate of drug-likeness (QED) is 0.339. The van der Waals surface area contributed by atoms with Crippen LogP contribution in [0.3, 0.4) is 0 Å². The number of rotatable bonds is 11. The molecular weight excluding hydrogens is 569 g/mol. The van der Waals surface area contributed by atoms with Crippen molar-refractivity contribution in [2.45, 2.75) is 70.5 Å². The van der Waals surface area contributed by atoms with E-state index in [1.807, 2.05) is 0 Å². The maximum absolute atomic E-state index is 13.5. The summed E-state index contributed by atoms with van der Waals surface area (Å²) in [5, 5.41) is 4.36. The second kappa shape index (κ2) is 13.9. The first-order valence-electron chi connectivity index (χ1n) is 12.7. The number of halogens is 3. The molecular formula is C27H34Cl3N3O4S. The van der Waals surface area contributed by atoms with Crippen molar-refractivity contribution in [3.63, 3.8) is 0 Å². The van der Waals surface area contributed by atoms with Gasteiger partial charge < -0.3 is 10.2 Å². The molecule has 2 amide bonds. The molecule has 3 rings (SSSR count).